The third-order valence-corrected chi connectivity index (χ3v) is 7.72. The molecule has 0 bridgehead atoms. The highest BCUT2D eigenvalue weighted by Crippen LogP contribution is 2.31. The molecule has 0 radical (unpaired) electrons. The molecule has 0 unspecified atom stereocenters. The second-order valence-corrected chi connectivity index (χ2v) is 10.3. The van der Waals surface area contributed by atoms with Crippen molar-refractivity contribution in [3.8, 4) is 0 Å². The van der Waals surface area contributed by atoms with Gasteiger partial charge in [-0.25, -0.2) is 9.37 Å². The highest BCUT2D eigenvalue weighted by molar-refractivity contribution is 6.33. The Kier molecular flexibility index (Phi) is 9.43. The molecule has 2 aliphatic rings. The molecule has 4 rings (SSSR count). The second kappa shape index (κ2) is 12.7. The number of piperidine rings is 1. The first-order chi connectivity index (χ1) is 17.9. The van der Waals surface area contributed by atoms with Crippen LogP contribution in [-0.2, 0) is 6.54 Å². The molecule has 0 aliphatic carbocycles. The van der Waals surface area contributed by atoms with Gasteiger partial charge in [0.2, 0.25) is 0 Å². The van der Waals surface area contributed by atoms with Gasteiger partial charge < -0.3 is 10.2 Å². The average Bonchev–Trinajstić information content (AvgIpc) is 2.90. The number of nitrogens with one attached hydrogen (secondary N) is 2. The number of pyridine rings is 1. The standard InChI is InChI=1S/C26H33Cl2FN8/c1-4-21-17-36(25-23(28)14-20(15-32-25)33-26(30-2)34-31-3)11-12-37(21)22-7-9-35(10-8-22)16-18-5-6-19(27)13-24(18)29/h5-6,13-15,21-22H,4,7-12,16-17H2,1-2H3,(H2,30,33,34)/t21-/m0/s1. The number of guanidine groups is 1. The van der Waals surface area contributed by atoms with Crippen molar-refractivity contribution in [2.24, 2.45) is 4.99 Å². The van der Waals surface area contributed by atoms with Gasteiger partial charge in [-0.15, -0.1) is 0 Å². The normalized spacial score (nSPS) is 20.1. The molecule has 2 aliphatic heterocycles. The molecule has 2 saturated heterocycles. The molecule has 37 heavy (non-hydrogen) atoms. The van der Waals surface area contributed by atoms with E-state index in [4.69, 9.17) is 29.8 Å². The Balaban J connectivity index is 1.33. The van der Waals surface area contributed by atoms with Crippen LogP contribution in [0.2, 0.25) is 10.0 Å². The quantitative estimate of drug-likeness (QED) is 0.232. The fourth-order valence-corrected chi connectivity index (χ4v) is 5.71. The number of aliphatic imine (C=N–C) groups is 1. The summed E-state index contributed by atoms with van der Waals surface area (Å²) in [5, 5.41) is 4.01. The number of halogens is 3. The topological polar surface area (TPSA) is 63.4 Å². The smallest absolute Gasteiger partial charge is 0.266 e. The first-order valence-corrected chi connectivity index (χ1v) is 13.4. The minimum Gasteiger partial charge on any atom is -0.353 e. The molecule has 198 valence electrons. The molecule has 0 saturated carbocycles. The molecule has 1 aromatic carbocycles. The van der Waals surface area contributed by atoms with Crippen LogP contribution in [0, 0.1) is 12.4 Å². The Hall–Kier alpha value is -2.64. The summed E-state index contributed by atoms with van der Waals surface area (Å²) in [4.78, 5) is 19.0. The molecule has 0 spiro atoms. The zero-order chi connectivity index (χ0) is 26.4. The Morgan fingerprint density at radius 3 is 2.65 bits per heavy atom. The molecule has 8 nitrogen and oxygen atoms in total. The largest absolute Gasteiger partial charge is 0.353 e. The second-order valence-electron chi connectivity index (χ2n) is 9.44. The number of hydrogen-bond donors (Lipinski definition) is 2. The van der Waals surface area contributed by atoms with Gasteiger partial charge in [0.05, 0.1) is 16.9 Å². The summed E-state index contributed by atoms with van der Waals surface area (Å²) in [6, 6.07) is 7.69. The van der Waals surface area contributed by atoms with Crippen LogP contribution in [0.1, 0.15) is 31.7 Å². The van der Waals surface area contributed by atoms with Crippen LogP contribution in [0.25, 0.3) is 4.95 Å². The van der Waals surface area contributed by atoms with E-state index in [0.717, 1.165) is 57.8 Å². The molecule has 2 aromatic rings. The number of hydrogen-bond acceptors (Lipinski definition) is 5. The number of aromatic nitrogens is 1. The van der Waals surface area contributed by atoms with Crippen LogP contribution in [0.5, 0.6) is 0 Å². The maximum absolute atomic E-state index is 14.2. The minimum absolute atomic E-state index is 0.230. The van der Waals surface area contributed by atoms with E-state index in [1.807, 2.05) is 6.07 Å². The summed E-state index contributed by atoms with van der Waals surface area (Å²) < 4.78 is 14.2. The van der Waals surface area contributed by atoms with Crippen LogP contribution in [0.15, 0.2) is 35.5 Å². The molecule has 1 aromatic heterocycles. The zero-order valence-electron chi connectivity index (χ0n) is 21.2. The first kappa shape index (κ1) is 27.4. The van der Waals surface area contributed by atoms with Gasteiger partial charge in [-0.05, 0) is 50.6 Å². The molecule has 11 heteroatoms. The maximum atomic E-state index is 14.2. The van der Waals surface area contributed by atoms with Gasteiger partial charge in [0.1, 0.15) is 11.6 Å². The lowest BCUT2D eigenvalue weighted by molar-refractivity contribution is 0.0607. The Bertz CT molecular complexity index is 1150. The highest BCUT2D eigenvalue weighted by Gasteiger charge is 2.34. The average molecular weight is 548 g/mol. The zero-order valence-corrected chi connectivity index (χ0v) is 22.7. The van der Waals surface area contributed by atoms with Crippen LogP contribution in [-0.4, -0.2) is 72.6 Å². The summed E-state index contributed by atoms with van der Waals surface area (Å²) in [7, 11) is 1.59. The summed E-state index contributed by atoms with van der Waals surface area (Å²) in [5.41, 5.74) is 3.84. The number of benzene rings is 1. The Morgan fingerprint density at radius 1 is 1.22 bits per heavy atom. The molecule has 3 heterocycles. The molecule has 2 fully saturated rings. The molecular weight excluding hydrogens is 514 g/mol. The van der Waals surface area contributed by atoms with Crippen molar-refractivity contribution >= 4 is 40.7 Å². The lowest BCUT2D eigenvalue weighted by Gasteiger charge is -2.47. The number of piperazine rings is 1. The van der Waals surface area contributed by atoms with E-state index in [1.54, 1.807) is 25.4 Å². The third kappa shape index (κ3) is 6.82. The van der Waals surface area contributed by atoms with Crippen molar-refractivity contribution in [1.29, 1.82) is 0 Å². The SMILES string of the molecule is [C-]#[N+]NC(=NC)Nc1cnc(N2CCN(C3CCN(Cc4ccc(Cl)cc4F)CC3)[C@@H](CC)C2)c(Cl)c1. The van der Waals surface area contributed by atoms with Gasteiger partial charge in [0.15, 0.2) is 0 Å². The Labute approximate surface area is 228 Å². The summed E-state index contributed by atoms with van der Waals surface area (Å²) in [5.74, 6) is 0.884. The Morgan fingerprint density at radius 2 is 2.00 bits per heavy atom. The van der Waals surface area contributed by atoms with E-state index < -0.39 is 0 Å². The number of likely N-dealkylation sites (tertiary alicyclic amines) is 1. The van der Waals surface area contributed by atoms with Gasteiger partial charge in [0.25, 0.3) is 5.96 Å². The summed E-state index contributed by atoms with van der Waals surface area (Å²) >= 11 is 12.5. The van der Waals surface area contributed by atoms with E-state index in [9.17, 15) is 4.39 Å². The van der Waals surface area contributed by atoms with Crippen LogP contribution < -0.4 is 15.6 Å². The first-order valence-electron chi connectivity index (χ1n) is 12.6. The number of rotatable bonds is 6. The number of anilines is 2. The van der Waals surface area contributed by atoms with Crippen LogP contribution in [0.4, 0.5) is 15.9 Å². The molecule has 0 amide bonds. The van der Waals surface area contributed by atoms with Gasteiger partial charge >= 0.3 is 0 Å². The van der Waals surface area contributed by atoms with Crippen molar-refractivity contribution in [2.75, 3.05) is 50.0 Å². The van der Waals surface area contributed by atoms with Gasteiger partial charge in [-0.1, -0.05) is 41.6 Å². The van der Waals surface area contributed by atoms with E-state index in [-0.39, 0.29) is 5.82 Å². The van der Waals surface area contributed by atoms with E-state index in [2.05, 4.69) is 47.3 Å². The predicted octanol–water partition coefficient (Wildman–Crippen LogP) is 4.91. The van der Waals surface area contributed by atoms with Gasteiger partial charge in [-0.3, -0.25) is 14.8 Å². The molecule has 2 N–H and O–H groups in total. The van der Waals surface area contributed by atoms with Crippen molar-refractivity contribution in [3.63, 3.8) is 0 Å². The van der Waals surface area contributed by atoms with Crippen molar-refractivity contribution in [2.45, 2.75) is 44.8 Å². The molecular formula is C26H33Cl2FN8. The van der Waals surface area contributed by atoms with E-state index in [1.165, 1.54) is 6.07 Å². The van der Waals surface area contributed by atoms with Crippen molar-refractivity contribution in [1.82, 2.24) is 20.2 Å². The fraction of sp³-hybridized carbons (Fsp3) is 0.500. The maximum Gasteiger partial charge on any atom is 0.266 e. The fourth-order valence-electron chi connectivity index (χ4n) is 5.26. The third-order valence-electron chi connectivity index (χ3n) is 7.20. The van der Waals surface area contributed by atoms with Crippen molar-refractivity contribution in [3.05, 3.63) is 63.4 Å². The van der Waals surface area contributed by atoms with Crippen LogP contribution in [0.3, 0.4) is 0 Å². The predicted molar refractivity (Wildman–Crippen MR) is 149 cm³/mol. The van der Waals surface area contributed by atoms with E-state index in [0.29, 0.717) is 45.9 Å². The van der Waals surface area contributed by atoms with E-state index >= 15 is 0 Å². The highest BCUT2D eigenvalue weighted by atomic mass is 35.5. The lowest BCUT2D eigenvalue weighted by atomic mass is 9.97. The monoisotopic (exact) mass is 546 g/mol. The van der Waals surface area contributed by atoms with Crippen molar-refractivity contribution < 1.29 is 4.39 Å². The van der Waals surface area contributed by atoms with Gasteiger partial charge in [0, 0.05) is 55.9 Å². The number of nitrogens with zero attached hydrogens (tertiary/aromatic N) is 6. The van der Waals surface area contributed by atoms with Crippen LogP contribution >= 0.6 is 23.2 Å². The molecule has 1 atom stereocenters. The summed E-state index contributed by atoms with van der Waals surface area (Å²) in [6.07, 6.45) is 4.91. The lowest BCUT2D eigenvalue weighted by Crippen LogP contribution is -2.58. The minimum atomic E-state index is -0.230. The van der Waals surface area contributed by atoms with Gasteiger partial charge in [-0.2, -0.15) is 11.5 Å². The summed E-state index contributed by atoms with van der Waals surface area (Å²) in [6.45, 7) is 14.4.